The minimum atomic E-state index is -0.489. The summed E-state index contributed by atoms with van der Waals surface area (Å²) in [4.78, 5) is 39.6. The zero-order valence-electron chi connectivity index (χ0n) is 19.3. The Hall–Kier alpha value is -3.03. The van der Waals surface area contributed by atoms with Crippen LogP contribution in [0.15, 0.2) is 24.4 Å². The first kappa shape index (κ1) is 22.2. The Morgan fingerprint density at radius 3 is 2.50 bits per heavy atom. The van der Waals surface area contributed by atoms with E-state index in [1.54, 1.807) is 9.80 Å². The van der Waals surface area contributed by atoms with Gasteiger partial charge in [0.1, 0.15) is 5.60 Å². The Labute approximate surface area is 188 Å². The third-order valence-corrected chi connectivity index (χ3v) is 6.16. The van der Waals surface area contributed by atoms with E-state index < -0.39 is 5.60 Å². The van der Waals surface area contributed by atoms with E-state index in [1.165, 1.54) is 5.56 Å². The maximum Gasteiger partial charge on any atom is 0.410 e. The molecular formula is C24H32N4O4. The first-order valence-corrected chi connectivity index (χ1v) is 11.4. The number of hydrogen-bond donors (Lipinski definition) is 1. The van der Waals surface area contributed by atoms with Gasteiger partial charge < -0.3 is 14.2 Å². The molecule has 172 valence electrons. The Morgan fingerprint density at radius 2 is 1.88 bits per heavy atom. The van der Waals surface area contributed by atoms with Gasteiger partial charge in [0.25, 0.3) is 0 Å². The van der Waals surface area contributed by atoms with Gasteiger partial charge in [0, 0.05) is 54.9 Å². The number of urea groups is 1. The number of fused-ring (bicyclic) bond motifs is 1. The van der Waals surface area contributed by atoms with Gasteiger partial charge >= 0.3 is 12.1 Å². The fourth-order valence-corrected chi connectivity index (χ4v) is 4.53. The van der Waals surface area contributed by atoms with Crippen molar-refractivity contribution in [3.63, 3.8) is 0 Å². The molecule has 2 fully saturated rings. The van der Waals surface area contributed by atoms with Gasteiger partial charge in [-0.1, -0.05) is 6.92 Å². The van der Waals surface area contributed by atoms with Gasteiger partial charge in [-0.3, -0.25) is 15.0 Å². The smallest absolute Gasteiger partial charge is 0.410 e. The van der Waals surface area contributed by atoms with Crippen LogP contribution in [0.2, 0.25) is 0 Å². The van der Waals surface area contributed by atoms with E-state index in [9.17, 15) is 14.4 Å². The average molecular weight is 441 g/mol. The Morgan fingerprint density at radius 1 is 1.16 bits per heavy atom. The third kappa shape index (κ3) is 4.45. The highest BCUT2D eigenvalue weighted by Gasteiger charge is 2.29. The molecule has 4 rings (SSSR count). The number of hydrogen-bond acceptors (Lipinski definition) is 4. The molecule has 1 aromatic heterocycles. The summed E-state index contributed by atoms with van der Waals surface area (Å²) in [6.07, 6.45) is 4.89. The molecule has 0 bridgehead atoms. The van der Waals surface area contributed by atoms with Gasteiger partial charge in [0.05, 0.1) is 0 Å². The maximum atomic E-state index is 12.4. The van der Waals surface area contributed by atoms with Crippen molar-refractivity contribution in [1.82, 2.24) is 14.8 Å². The zero-order valence-corrected chi connectivity index (χ0v) is 19.3. The number of nitrogens with one attached hydrogen (secondary N) is 1. The van der Waals surface area contributed by atoms with Crippen LogP contribution in [0, 0.1) is 0 Å². The Bertz CT molecular complexity index is 1040. The van der Waals surface area contributed by atoms with Gasteiger partial charge in [0.2, 0.25) is 5.91 Å². The van der Waals surface area contributed by atoms with Gasteiger partial charge in [-0.05, 0) is 63.8 Å². The van der Waals surface area contributed by atoms with Crippen molar-refractivity contribution in [1.29, 1.82) is 0 Å². The van der Waals surface area contributed by atoms with Crippen LogP contribution in [0.3, 0.4) is 0 Å². The highest BCUT2D eigenvalue weighted by molar-refractivity contribution is 6.06. The van der Waals surface area contributed by atoms with Gasteiger partial charge in [-0.15, -0.1) is 0 Å². The SMILES string of the molecule is CCc1cn(C2CCN(C(=O)OC(C)(C)C)CC2)c2ccc(N3CCC(=O)NC3=O)cc12. The summed E-state index contributed by atoms with van der Waals surface area (Å²) in [5.41, 5.74) is 2.67. The molecule has 32 heavy (non-hydrogen) atoms. The first-order valence-electron chi connectivity index (χ1n) is 11.4. The van der Waals surface area contributed by atoms with Crippen LogP contribution in [0.5, 0.6) is 0 Å². The predicted molar refractivity (Wildman–Crippen MR) is 123 cm³/mol. The second-order valence-corrected chi connectivity index (χ2v) is 9.57. The van der Waals surface area contributed by atoms with Crippen molar-refractivity contribution >= 4 is 34.6 Å². The van der Waals surface area contributed by atoms with E-state index in [-0.39, 0.29) is 18.0 Å². The van der Waals surface area contributed by atoms with E-state index in [0.717, 1.165) is 35.9 Å². The number of anilines is 1. The second kappa shape index (κ2) is 8.48. The number of nitrogens with zero attached hydrogens (tertiary/aromatic N) is 3. The van der Waals surface area contributed by atoms with Crippen LogP contribution in [-0.4, -0.2) is 52.7 Å². The van der Waals surface area contributed by atoms with Gasteiger partial charge in [-0.25, -0.2) is 9.59 Å². The van der Waals surface area contributed by atoms with Crippen LogP contribution >= 0.6 is 0 Å². The Kier molecular flexibility index (Phi) is 5.88. The average Bonchev–Trinajstić information content (AvgIpc) is 3.10. The molecule has 3 heterocycles. The first-order chi connectivity index (χ1) is 15.2. The molecule has 8 heteroatoms. The van der Waals surface area contributed by atoms with E-state index in [0.29, 0.717) is 32.1 Å². The number of benzene rings is 1. The number of likely N-dealkylation sites (tertiary alicyclic amines) is 1. The number of aromatic nitrogens is 1. The molecule has 0 spiro atoms. The second-order valence-electron chi connectivity index (χ2n) is 9.57. The van der Waals surface area contributed by atoms with Gasteiger partial charge in [0.15, 0.2) is 0 Å². The van der Waals surface area contributed by atoms with Crippen molar-refractivity contribution < 1.29 is 19.1 Å². The van der Waals surface area contributed by atoms with Crippen molar-refractivity contribution in [2.75, 3.05) is 24.5 Å². The number of imide groups is 1. The predicted octanol–water partition coefficient (Wildman–Crippen LogP) is 4.22. The summed E-state index contributed by atoms with van der Waals surface area (Å²) in [5, 5.41) is 3.52. The normalized spacial score (nSPS) is 18.2. The number of carbonyl (C=O) groups is 3. The van der Waals surface area contributed by atoms with Crippen molar-refractivity contribution in [3.05, 3.63) is 30.0 Å². The van der Waals surface area contributed by atoms with Crippen LogP contribution in [-0.2, 0) is 16.0 Å². The number of piperidine rings is 1. The van der Waals surface area contributed by atoms with E-state index >= 15 is 0 Å². The minimum Gasteiger partial charge on any atom is -0.444 e. The zero-order chi connectivity index (χ0) is 23.0. The quantitative estimate of drug-likeness (QED) is 0.774. The summed E-state index contributed by atoms with van der Waals surface area (Å²) in [5.74, 6) is -0.231. The number of aryl methyl sites for hydroxylation is 1. The highest BCUT2D eigenvalue weighted by atomic mass is 16.6. The van der Waals surface area contributed by atoms with Crippen molar-refractivity contribution in [3.8, 4) is 0 Å². The summed E-state index contributed by atoms with van der Waals surface area (Å²) < 4.78 is 7.84. The molecule has 0 saturated carbocycles. The molecule has 0 atom stereocenters. The number of ether oxygens (including phenoxy) is 1. The molecule has 2 aliphatic rings. The molecule has 2 saturated heterocycles. The van der Waals surface area contributed by atoms with Crippen molar-refractivity contribution in [2.24, 2.45) is 0 Å². The molecule has 8 nitrogen and oxygen atoms in total. The lowest BCUT2D eigenvalue weighted by Crippen LogP contribution is -2.49. The Balaban J connectivity index is 1.54. The van der Waals surface area contributed by atoms with Crippen LogP contribution in [0.4, 0.5) is 15.3 Å². The lowest BCUT2D eigenvalue weighted by atomic mass is 10.0. The molecule has 4 amide bonds. The summed E-state index contributed by atoms with van der Waals surface area (Å²) >= 11 is 0. The molecular weight excluding hydrogens is 408 g/mol. The van der Waals surface area contributed by atoms with E-state index in [2.05, 4.69) is 35.1 Å². The molecule has 1 N–H and O–H groups in total. The monoisotopic (exact) mass is 440 g/mol. The van der Waals surface area contributed by atoms with Crippen molar-refractivity contribution in [2.45, 2.75) is 65.0 Å². The van der Waals surface area contributed by atoms with Crippen LogP contribution in [0.25, 0.3) is 10.9 Å². The summed E-state index contributed by atoms with van der Waals surface area (Å²) in [6.45, 7) is 9.51. The summed E-state index contributed by atoms with van der Waals surface area (Å²) in [7, 11) is 0. The lowest BCUT2D eigenvalue weighted by Gasteiger charge is -2.34. The minimum absolute atomic E-state index is 0.231. The molecule has 2 aliphatic heterocycles. The molecule has 1 aromatic carbocycles. The molecule has 2 aromatic rings. The fourth-order valence-electron chi connectivity index (χ4n) is 4.53. The molecule has 0 aliphatic carbocycles. The van der Waals surface area contributed by atoms with Crippen LogP contribution < -0.4 is 10.2 Å². The molecule has 0 unspecified atom stereocenters. The third-order valence-electron chi connectivity index (χ3n) is 6.16. The number of amides is 4. The van der Waals surface area contributed by atoms with E-state index in [1.807, 2.05) is 26.8 Å². The molecule has 0 radical (unpaired) electrons. The topological polar surface area (TPSA) is 83.9 Å². The van der Waals surface area contributed by atoms with Gasteiger partial charge in [-0.2, -0.15) is 0 Å². The maximum absolute atomic E-state index is 12.4. The van der Waals surface area contributed by atoms with E-state index in [4.69, 9.17) is 4.74 Å². The summed E-state index contributed by atoms with van der Waals surface area (Å²) in [6, 6.07) is 6.00. The standard InChI is InChI=1S/C24H32N4O4/c1-5-16-15-28(17-8-11-26(12-9-17)23(31)32-24(2,3)4)20-7-6-18(14-19(16)20)27-13-10-21(29)25-22(27)30/h6-7,14-15,17H,5,8-13H2,1-4H3,(H,25,29,30). The fraction of sp³-hybridized carbons (Fsp3) is 0.542. The highest BCUT2D eigenvalue weighted by Crippen LogP contribution is 2.33. The number of carbonyl (C=O) groups excluding carboxylic acids is 3. The largest absolute Gasteiger partial charge is 0.444 e. The lowest BCUT2D eigenvalue weighted by molar-refractivity contribution is -0.120. The number of rotatable bonds is 3. The van der Waals surface area contributed by atoms with Crippen LogP contribution in [0.1, 0.15) is 58.6 Å².